The summed E-state index contributed by atoms with van der Waals surface area (Å²) in [6.07, 6.45) is 0. The van der Waals surface area contributed by atoms with Gasteiger partial charge in [-0.1, -0.05) is 60.2 Å². The SMILES string of the molecule is Cc1ccc(S(=O)(=O)Nc2ccc(NC(=O)CNC(=O)c3ccc(-c4ccccc4)cc3)cc2)cc1. The zero-order valence-corrected chi connectivity index (χ0v) is 20.4. The summed E-state index contributed by atoms with van der Waals surface area (Å²) >= 11 is 0. The second-order valence-electron chi connectivity index (χ2n) is 8.17. The standard InChI is InChI=1S/C28H25N3O4S/c1-20-7-17-26(18-8-20)36(34,35)31-25-15-13-24(14-16-25)30-27(32)19-29-28(33)23-11-9-22(10-12-23)21-5-3-2-4-6-21/h2-18,31H,19H2,1H3,(H,29,33)(H,30,32). The van der Waals surface area contributed by atoms with E-state index >= 15 is 0 Å². The molecule has 4 aromatic rings. The molecule has 182 valence electrons. The fourth-order valence-electron chi connectivity index (χ4n) is 3.47. The Bertz CT molecular complexity index is 1450. The van der Waals surface area contributed by atoms with E-state index in [1.807, 2.05) is 49.4 Å². The lowest BCUT2D eigenvalue weighted by molar-refractivity contribution is -0.115. The molecule has 2 amide bonds. The quantitative estimate of drug-likeness (QED) is 0.323. The van der Waals surface area contributed by atoms with Crippen molar-refractivity contribution in [2.24, 2.45) is 0 Å². The molecule has 0 aliphatic carbocycles. The maximum atomic E-state index is 12.5. The second kappa shape index (κ2) is 10.9. The normalized spacial score (nSPS) is 10.9. The molecule has 0 aliphatic heterocycles. The minimum atomic E-state index is -3.71. The fraction of sp³-hybridized carbons (Fsp3) is 0.0714. The zero-order valence-electron chi connectivity index (χ0n) is 19.6. The molecule has 0 aliphatic rings. The van der Waals surface area contributed by atoms with Gasteiger partial charge in [0.15, 0.2) is 0 Å². The van der Waals surface area contributed by atoms with E-state index < -0.39 is 15.9 Å². The molecule has 36 heavy (non-hydrogen) atoms. The summed E-state index contributed by atoms with van der Waals surface area (Å²) in [5.41, 5.74) is 4.30. The molecule has 0 fully saturated rings. The Labute approximate surface area is 210 Å². The van der Waals surface area contributed by atoms with Crippen molar-refractivity contribution in [3.63, 3.8) is 0 Å². The average molecular weight is 500 g/mol. The Morgan fingerprint density at radius 1 is 0.694 bits per heavy atom. The van der Waals surface area contributed by atoms with Gasteiger partial charge in [0.25, 0.3) is 15.9 Å². The van der Waals surface area contributed by atoms with Crippen molar-refractivity contribution in [2.45, 2.75) is 11.8 Å². The second-order valence-corrected chi connectivity index (χ2v) is 9.85. The van der Waals surface area contributed by atoms with Crippen LogP contribution in [0, 0.1) is 6.92 Å². The van der Waals surface area contributed by atoms with E-state index in [0.29, 0.717) is 16.9 Å². The highest BCUT2D eigenvalue weighted by atomic mass is 32.2. The zero-order chi connectivity index (χ0) is 25.5. The highest BCUT2D eigenvalue weighted by Gasteiger charge is 2.14. The highest BCUT2D eigenvalue weighted by Crippen LogP contribution is 2.20. The van der Waals surface area contributed by atoms with Crippen molar-refractivity contribution in [3.05, 3.63) is 114 Å². The maximum Gasteiger partial charge on any atom is 0.261 e. The molecule has 0 unspecified atom stereocenters. The third kappa shape index (κ3) is 6.37. The van der Waals surface area contributed by atoms with Crippen LogP contribution in [-0.4, -0.2) is 26.8 Å². The van der Waals surface area contributed by atoms with Crippen molar-refractivity contribution in [3.8, 4) is 11.1 Å². The van der Waals surface area contributed by atoms with E-state index in [1.54, 1.807) is 48.5 Å². The number of hydrogen-bond acceptors (Lipinski definition) is 4. The van der Waals surface area contributed by atoms with Crippen molar-refractivity contribution in [1.82, 2.24) is 5.32 Å². The van der Waals surface area contributed by atoms with E-state index in [4.69, 9.17) is 0 Å². The van der Waals surface area contributed by atoms with Crippen LogP contribution in [0.3, 0.4) is 0 Å². The highest BCUT2D eigenvalue weighted by molar-refractivity contribution is 7.92. The number of amides is 2. The Hall–Kier alpha value is -4.43. The number of carbonyl (C=O) groups is 2. The summed E-state index contributed by atoms with van der Waals surface area (Å²) in [5, 5.41) is 5.28. The van der Waals surface area contributed by atoms with Gasteiger partial charge in [0, 0.05) is 16.9 Å². The molecule has 0 atom stereocenters. The third-order valence-corrected chi connectivity index (χ3v) is 6.81. The smallest absolute Gasteiger partial charge is 0.261 e. The fourth-order valence-corrected chi connectivity index (χ4v) is 4.52. The number of carbonyl (C=O) groups excluding carboxylic acids is 2. The lowest BCUT2D eigenvalue weighted by Gasteiger charge is -2.10. The van der Waals surface area contributed by atoms with Crippen molar-refractivity contribution >= 4 is 33.2 Å². The molecule has 7 nitrogen and oxygen atoms in total. The molecule has 0 bridgehead atoms. The molecule has 0 saturated carbocycles. The van der Waals surface area contributed by atoms with Crippen molar-refractivity contribution in [1.29, 1.82) is 0 Å². The molecule has 0 aromatic heterocycles. The first-order chi connectivity index (χ1) is 17.3. The van der Waals surface area contributed by atoms with Gasteiger partial charge in [-0.3, -0.25) is 14.3 Å². The number of nitrogens with one attached hydrogen (secondary N) is 3. The molecule has 4 rings (SSSR count). The van der Waals surface area contributed by atoms with Gasteiger partial charge in [0.2, 0.25) is 5.91 Å². The van der Waals surface area contributed by atoms with Crippen LogP contribution in [0.1, 0.15) is 15.9 Å². The Morgan fingerprint density at radius 2 is 1.28 bits per heavy atom. The average Bonchev–Trinajstić information content (AvgIpc) is 2.89. The first-order valence-corrected chi connectivity index (χ1v) is 12.7. The van der Waals surface area contributed by atoms with Crippen LogP contribution in [0.25, 0.3) is 11.1 Å². The lowest BCUT2D eigenvalue weighted by Crippen LogP contribution is -2.32. The van der Waals surface area contributed by atoms with Gasteiger partial charge in [0.05, 0.1) is 11.4 Å². The summed E-state index contributed by atoms with van der Waals surface area (Å²) in [7, 11) is -3.71. The van der Waals surface area contributed by atoms with Gasteiger partial charge in [-0.2, -0.15) is 0 Å². The van der Waals surface area contributed by atoms with Gasteiger partial charge < -0.3 is 10.6 Å². The Kier molecular flexibility index (Phi) is 7.46. The monoisotopic (exact) mass is 499 g/mol. The molecule has 0 heterocycles. The predicted molar refractivity (Wildman–Crippen MR) is 141 cm³/mol. The number of anilines is 2. The van der Waals surface area contributed by atoms with Crippen LogP contribution in [0.15, 0.2) is 108 Å². The molecule has 4 aromatic carbocycles. The van der Waals surface area contributed by atoms with E-state index in [0.717, 1.165) is 16.7 Å². The third-order valence-electron chi connectivity index (χ3n) is 5.42. The van der Waals surface area contributed by atoms with Crippen LogP contribution in [0.2, 0.25) is 0 Å². The van der Waals surface area contributed by atoms with Crippen LogP contribution in [0.5, 0.6) is 0 Å². The molecule has 3 N–H and O–H groups in total. The summed E-state index contributed by atoms with van der Waals surface area (Å²) in [5.74, 6) is -0.761. The van der Waals surface area contributed by atoms with Gasteiger partial charge >= 0.3 is 0 Å². The van der Waals surface area contributed by atoms with E-state index in [9.17, 15) is 18.0 Å². The van der Waals surface area contributed by atoms with Crippen molar-refractivity contribution in [2.75, 3.05) is 16.6 Å². The first kappa shape index (κ1) is 24.7. The molecular formula is C28H25N3O4S. The minimum Gasteiger partial charge on any atom is -0.343 e. The number of sulfonamides is 1. The molecule has 0 radical (unpaired) electrons. The summed E-state index contributed by atoms with van der Waals surface area (Å²) in [6.45, 7) is 1.67. The number of rotatable bonds is 8. The number of benzene rings is 4. The van der Waals surface area contributed by atoms with Crippen LogP contribution < -0.4 is 15.4 Å². The van der Waals surface area contributed by atoms with Crippen LogP contribution in [-0.2, 0) is 14.8 Å². The minimum absolute atomic E-state index is 0.163. The number of hydrogen-bond donors (Lipinski definition) is 3. The molecular weight excluding hydrogens is 474 g/mol. The lowest BCUT2D eigenvalue weighted by atomic mass is 10.0. The van der Waals surface area contributed by atoms with Gasteiger partial charge in [-0.25, -0.2) is 8.42 Å². The summed E-state index contributed by atoms with van der Waals surface area (Å²) in [4.78, 5) is 24.8. The van der Waals surface area contributed by atoms with Crippen molar-refractivity contribution < 1.29 is 18.0 Å². The van der Waals surface area contributed by atoms with E-state index in [-0.39, 0.29) is 17.3 Å². The first-order valence-electron chi connectivity index (χ1n) is 11.2. The van der Waals surface area contributed by atoms with Gasteiger partial charge in [0.1, 0.15) is 0 Å². The number of aryl methyl sites for hydroxylation is 1. The Balaban J connectivity index is 1.28. The predicted octanol–water partition coefficient (Wildman–Crippen LogP) is 4.83. The maximum absolute atomic E-state index is 12.5. The molecule has 8 heteroatoms. The van der Waals surface area contributed by atoms with Crippen LogP contribution in [0.4, 0.5) is 11.4 Å². The van der Waals surface area contributed by atoms with Gasteiger partial charge in [-0.15, -0.1) is 0 Å². The van der Waals surface area contributed by atoms with E-state index in [1.165, 1.54) is 12.1 Å². The summed E-state index contributed by atoms with van der Waals surface area (Å²) in [6, 6.07) is 29.8. The summed E-state index contributed by atoms with van der Waals surface area (Å²) < 4.78 is 27.5. The van der Waals surface area contributed by atoms with E-state index in [2.05, 4.69) is 15.4 Å². The molecule has 0 spiro atoms. The van der Waals surface area contributed by atoms with Crippen LogP contribution >= 0.6 is 0 Å². The largest absolute Gasteiger partial charge is 0.343 e. The topological polar surface area (TPSA) is 104 Å². The van der Waals surface area contributed by atoms with Gasteiger partial charge in [-0.05, 0) is 66.6 Å². The molecule has 0 saturated heterocycles. The Morgan fingerprint density at radius 3 is 1.92 bits per heavy atom.